The van der Waals surface area contributed by atoms with Gasteiger partial charge in [0, 0.05) is 12.2 Å². The van der Waals surface area contributed by atoms with Crippen LogP contribution in [0.15, 0.2) is 42.5 Å². The summed E-state index contributed by atoms with van der Waals surface area (Å²) in [6.07, 6.45) is 5.07. The van der Waals surface area contributed by atoms with Crippen LogP contribution in [-0.2, 0) is 9.59 Å². The average molecular weight is 461 g/mol. The fourth-order valence-electron chi connectivity index (χ4n) is 2.83. The molecule has 2 aromatic carbocycles. The zero-order valence-corrected chi connectivity index (χ0v) is 19.6. The van der Waals surface area contributed by atoms with Crippen LogP contribution in [0.3, 0.4) is 0 Å². The van der Waals surface area contributed by atoms with Gasteiger partial charge in [-0.15, -0.1) is 0 Å². The Morgan fingerprint density at radius 2 is 1.41 bits per heavy atom. The summed E-state index contributed by atoms with van der Waals surface area (Å²) in [5.41, 5.74) is 1.44. The van der Waals surface area contributed by atoms with Gasteiger partial charge in [-0.3, -0.25) is 0 Å². The van der Waals surface area contributed by atoms with E-state index in [0.717, 1.165) is 22.9 Å². The fourth-order valence-corrected chi connectivity index (χ4v) is 4.78. The molecule has 0 bridgehead atoms. The van der Waals surface area contributed by atoms with E-state index in [1.807, 2.05) is 0 Å². The molecule has 32 heavy (non-hydrogen) atoms. The Morgan fingerprint density at radius 3 is 1.91 bits per heavy atom. The van der Waals surface area contributed by atoms with Gasteiger partial charge in [0.2, 0.25) is 0 Å². The number of phenolic OH excluding ortho intramolecular Hbond substituents is 2. The number of benzene rings is 2. The van der Waals surface area contributed by atoms with E-state index in [9.17, 15) is 19.8 Å². The Labute approximate surface area is 187 Å². The van der Waals surface area contributed by atoms with Crippen LogP contribution in [0.1, 0.15) is 11.1 Å². The van der Waals surface area contributed by atoms with E-state index in [-0.39, 0.29) is 11.5 Å². The van der Waals surface area contributed by atoms with Crippen molar-refractivity contribution in [3.05, 3.63) is 53.6 Å². The van der Waals surface area contributed by atoms with Crippen LogP contribution in [0.5, 0.6) is 23.0 Å². The molecule has 0 saturated heterocycles. The molecule has 172 valence electrons. The van der Waals surface area contributed by atoms with Gasteiger partial charge in [0.25, 0.3) is 0 Å². The summed E-state index contributed by atoms with van der Waals surface area (Å²) in [6, 6.07) is 7.82. The van der Waals surface area contributed by atoms with Crippen molar-refractivity contribution in [2.75, 3.05) is 14.2 Å². The summed E-state index contributed by atoms with van der Waals surface area (Å²) in [5.74, 6) is -1.14. The van der Waals surface area contributed by atoms with E-state index in [1.54, 1.807) is 18.2 Å². The second-order valence-corrected chi connectivity index (χ2v) is 12.6. The Morgan fingerprint density at radius 1 is 0.844 bits per heavy atom. The molecule has 0 atom stereocenters. The molecule has 0 heterocycles. The van der Waals surface area contributed by atoms with Gasteiger partial charge >= 0.3 is 11.9 Å². The summed E-state index contributed by atoms with van der Waals surface area (Å²) in [6.45, 7) is 6.34. The van der Waals surface area contributed by atoms with Gasteiger partial charge in [0.1, 0.15) is 0 Å². The molecule has 0 saturated carbocycles. The van der Waals surface area contributed by atoms with Gasteiger partial charge in [0.15, 0.2) is 23.0 Å². The molecule has 0 fully saturated rings. The van der Waals surface area contributed by atoms with Crippen LogP contribution in [0, 0.1) is 0 Å². The first-order valence-electron chi connectivity index (χ1n) is 9.50. The van der Waals surface area contributed by atoms with Gasteiger partial charge in [0.05, 0.1) is 22.3 Å². The third kappa shape index (κ3) is 7.84. The molecule has 9 heteroatoms. The van der Waals surface area contributed by atoms with E-state index in [0.29, 0.717) is 17.1 Å². The lowest BCUT2D eigenvalue weighted by molar-refractivity contribution is -0.132. The summed E-state index contributed by atoms with van der Waals surface area (Å²) >= 11 is 0. The van der Waals surface area contributed by atoms with Crippen LogP contribution in [-0.4, -0.2) is 54.7 Å². The van der Waals surface area contributed by atoms with Crippen LogP contribution in [0.25, 0.3) is 12.2 Å². The number of aromatic hydroxyl groups is 2. The minimum Gasteiger partial charge on any atom is -0.504 e. The molecular weight excluding hydrogens is 432 g/mol. The molecule has 0 unspecified atom stereocenters. The maximum atomic E-state index is 10.6. The molecule has 0 aromatic heterocycles. The maximum absolute atomic E-state index is 10.6. The monoisotopic (exact) mass is 460 g/mol. The molecule has 0 aliphatic heterocycles. The van der Waals surface area contributed by atoms with E-state index >= 15 is 0 Å². The van der Waals surface area contributed by atoms with E-state index in [4.69, 9.17) is 19.7 Å². The molecule has 2 rings (SSSR count). The van der Waals surface area contributed by atoms with Crippen LogP contribution in [0.4, 0.5) is 0 Å². The first-order chi connectivity index (χ1) is 14.9. The zero-order valence-electron chi connectivity index (χ0n) is 18.6. The summed E-state index contributed by atoms with van der Waals surface area (Å²) in [7, 11) is 1.16. The predicted molar refractivity (Wildman–Crippen MR) is 126 cm³/mol. The molecule has 4 N–H and O–H groups in total. The van der Waals surface area contributed by atoms with Crippen molar-refractivity contribution in [2.24, 2.45) is 0 Å². The highest BCUT2D eigenvalue weighted by Crippen LogP contribution is 2.28. The summed E-state index contributed by atoms with van der Waals surface area (Å²) < 4.78 is 10.1. The number of methoxy groups -OCH3 is 2. The van der Waals surface area contributed by atoms with E-state index < -0.39 is 20.0 Å². The molecule has 0 radical (unpaired) electrons. The van der Waals surface area contributed by atoms with Crippen LogP contribution < -0.4 is 14.7 Å². The van der Waals surface area contributed by atoms with Crippen LogP contribution >= 0.6 is 0 Å². The van der Waals surface area contributed by atoms with Gasteiger partial charge in [-0.1, -0.05) is 31.8 Å². The summed E-state index contributed by atoms with van der Waals surface area (Å²) in [5, 5.41) is 37.1. The van der Waals surface area contributed by atoms with E-state index in [2.05, 4.69) is 19.6 Å². The SMILES string of the molecule is COc1c(O)ccc(/C=C/C(=O)O)c1[Si](C)(C)C.COc1cc(C=CC(=O)O)ccc1O. The lowest BCUT2D eigenvalue weighted by Crippen LogP contribution is -2.40. The normalized spacial score (nSPS) is 11.2. The number of hydrogen-bond donors (Lipinski definition) is 4. The van der Waals surface area contributed by atoms with Crippen molar-refractivity contribution in [3.63, 3.8) is 0 Å². The quantitative estimate of drug-likeness (QED) is 0.364. The zero-order chi connectivity index (χ0) is 24.5. The molecular formula is C23H28O8Si. The highest BCUT2D eigenvalue weighted by atomic mass is 28.3. The lowest BCUT2D eigenvalue weighted by atomic mass is 10.2. The van der Waals surface area contributed by atoms with Gasteiger partial charge < -0.3 is 29.9 Å². The molecule has 0 spiro atoms. The van der Waals surface area contributed by atoms with Crippen molar-refractivity contribution >= 4 is 37.4 Å². The first kappa shape index (κ1) is 26.3. The molecule has 8 nitrogen and oxygen atoms in total. The van der Waals surface area contributed by atoms with Crippen molar-refractivity contribution < 1.29 is 39.5 Å². The van der Waals surface area contributed by atoms with Crippen molar-refractivity contribution in [3.8, 4) is 23.0 Å². The number of carboxylic acid groups (broad SMARTS) is 2. The highest BCUT2D eigenvalue weighted by Gasteiger charge is 2.26. The fraction of sp³-hybridized carbons (Fsp3) is 0.217. The largest absolute Gasteiger partial charge is 0.504 e. The Hall–Kier alpha value is -3.72. The van der Waals surface area contributed by atoms with Crippen molar-refractivity contribution in [2.45, 2.75) is 19.6 Å². The van der Waals surface area contributed by atoms with Gasteiger partial charge in [-0.05, 0) is 46.7 Å². The topological polar surface area (TPSA) is 134 Å². The Balaban J connectivity index is 0.000000330. The summed E-state index contributed by atoms with van der Waals surface area (Å²) in [4.78, 5) is 20.8. The number of rotatable bonds is 7. The third-order valence-electron chi connectivity index (χ3n) is 4.15. The number of ether oxygens (including phenoxy) is 2. The minimum atomic E-state index is -1.78. The number of carbonyl (C=O) groups is 2. The second kappa shape index (κ2) is 11.6. The Bertz CT molecular complexity index is 1020. The number of carboxylic acids is 2. The standard InChI is InChI=1S/C13H18O4Si.C10H10O4/c1-17-12-10(14)7-5-9(6-8-11(15)16)13(12)18(2,3)4;1-14-9-6-7(2-4-8(9)11)3-5-10(12)13/h5-8,14H,1-4H3,(H,15,16);2-6,11H,1H3,(H,12,13)/b8-6+;. The third-order valence-corrected chi connectivity index (χ3v) is 6.17. The Kier molecular flexibility index (Phi) is 9.55. The second-order valence-electron chi connectivity index (χ2n) is 7.61. The molecule has 0 aliphatic rings. The van der Waals surface area contributed by atoms with Crippen molar-refractivity contribution in [1.82, 2.24) is 0 Å². The van der Waals surface area contributed by atoms with Gasteiger partial charge in [-0.2, -0.15) is 0 Å². The predicted octanol–water partition coefficient (Wildman–Crippen LogP) is 3.54. The van der Waals surface area contributed by atoms with Gasteiger partial charge in [-0.25, -0.2) is 9.59 Å². The number of hydrogen-bond acceptors (Lipinski definition) is 6. The molecule has 0 aliphatic carbocycles. The van der Waals surface area contributed by atoms with Crippen LogP contribution in [0.2, 0.25) is 19.6 Å². The highest BCUT2D eigenvalue weighted by molar-refractivity contribution is 6.90. The average Bonchev–Trinajstić information content (AvgIpc) is 2.71. The molecule has 0 amide bonds. The minimum absolute atomic E-state index is 0.0278. The number of phenols is 2. The lowest BCUT2D eigenvalue weighted by Gasteiger charge is -2.23. The van der Waals surface area contributed by atoms with Crippen molar-refractivity contribution in [1.29, 1.82) is 0 Å². The van der Waals surface area contributed by atoms with E-state index in [1.165, 1.54) is 38.5 Å². The first-order valence-corrected chi connectivity index (χ1v) is 13.0. The maximum Gasteiger partial charge on any atom is 0.328 e. The number of aliphatic carboxylic acids is 2. The smallest absolute Gasteiger partial charge is 0.328 e. The molecule has 2 aromatic rings.